The fraction of sp³-hybridized carbons (Fsp3) is 0.333. The first kappa shape index (κ1) is 10.8. The highest BCUT2D eigenvalue weighted by Gasteiger charge is 2.32. The minimum absolute atomic E-state index is 0.133. The number of piperidine rings is 1. The Morgan fingerprint density at radius 1 is 1.31 bits per heavy atom. The smallest absolute Gasteiger partial charge is 0.230 e. The number of nitrogens with one attached hydrogen (secondary N) is 1. The van der Waals surface area contributed by atoms with Crippen LogP contribution in [0.15, 0.2) is 24.3 Å². The van der Waals surface area contributed by atoms with Crippen molar-refractivity contribution in [3.8, 4) is 0 Å². The summed E-state index contributed by atoms with van der Waals surface area (Å²) in [5.74, 6) is -1.34. The van der Waals surface area contributed by atoms with Crippen LogP contribution in [0.5, 0.6) is 0 Å². The summed E-state index contributed by atoms with van der Waals surface area (Å²) in [6.45, 7) is 0.561. The summed E-state index contributed by atoms with van der Waals surface area (Å²) < 4.78 is 12.8. The van der Waals surface area contributed by atoms with Crippen molar-refractivity contribution in [1.82, 2.24) is 5.32 Å². The number of amides is 1. The molecule has 0 spiro atoms. The van der Waals surface area contributed by atoms with Crippen molar-refractivity contribution in [2.75, 3.05) is 6.54 Å². The lowest BCUT2D eigenvalue weighted by Crippen LogP contribution is -2.41. The van der Waals surface area contributed by atoms with Crippen molar-refractivity contribution in [3.05, 3.63) is 35.6 Å². The fourth-order valence-corrected chi connectivity index (χ4v) is 2.07. The number of hydrogen-bond acceptors (Lipinski definition) is 2. The summed E-state index contributed by atoms with van der Waals surface area (Å²) in [6.07, 6.45) is 1.38. The molecule has 1 saturated heterocycles. The van der Waals surface area contributed by atoms with E-state index >= 15 is 0 Å². The second kappa shape index (κ2) is 4.43. The number of halogens is 1. The summed E-state index contributed by atoms with van der Waals surface area (Å²) >= 11 is 0. The standard InChI is InChI=1S/C12H12FNO2/c13-9-3-1-8(2-4-9)10-5-6-14-12(16)11(10)7-15/h1-4,7,10-11H,5-6H2,(H,14,16). The average Bonchev–Trinajstić information content (AvgIpc) is 2.30. The van der Waals surface area contributed by atoms with E-state index in [1.807, 2.05) is 0 Å². The summed E-state index contributed by atoms with van der Waals surface area (Å²) in [5.41, 5.74) is 0.841. The molecule has 0 aliphatic carbocycles. The first-order valence-corrected chi connectivity index (χ1v) is 5.21. The van der Waals surface area contributed by atoms with Gasteiger partial charge in [0.05, 0.1) is 0 Å². The van der Waals surface area contributed by atoms with Crippen LogP contribution in [0.2, 0.25) is 0 Å². The van der Waals surface area contributed by atoms with Gasteiger partial charge in [-0.1, -0.05) is 12.1 Å². The van der Waals surface area contributed by atoms with E-state index in [4.69, 9.17) is 0 Å². The molecule has 3 nitrogen and oxygen atoms in total. The van der Waals surface area contributed by atoms with E-state index in [2.05, 4.69) is 5.32 Å². The topological polar surface area (TPSA) is 46.2 Å². The number of benzene rings is 1. The van der Waals surface area contributed by atoms with Gasteiger partial charge in [0, 0.05) is 12.5 Å². The molecule has 4 heteroatoms. The monoisotopic (exact) mass is 221 g/mol. The van der Waals surface area contributed by atoms with Crippen LogP contribution in [-0.2, 0) is 9.59 Å². The molecule has 1 fully saturated rings. The van der Waals surface area contributed by atoms with Crippen LogP contribution in [0.3, 0.4) is 0 Å². The Balaban J connectivity index is 2.27. The second-order valence-corrected chi connectivity index (χ2v) is 3.90. The maximum absolute atomic E-state index is 12.8. The third-order valence-corrected chi connectivity index (χ3v) is 2.94. The first-order chi connectivity index (χ1) is 7.72. The number of carbonyl (C=O) groups excluding carboxylic acids is 2. The van der Waals surface area contributed by atoms with Crippen molar-refractivity contribution < 1.29 is 14.0 Å². The second-order valence-electron chi connectivity index (χ2n) is 3.90. The zero-order chi connectivity index (χ0) is 11.5. The highest BCUT2D eigenvalue weighted by molar-refractivity contribution is 5.93. The lowest BCUT2D eigenvalue weighted by Gasteiger charge is -2.27. The predicted octanol–water partition coefficient (Wildman–Crippen LogP) is 1.24. The van der Waals surface area contributed by atoms with E-state index in [1.54, 1.807) is 12.1 Å². The van der Waals surface area contributed by atoms with Gasteiger partial charge in [-0.25, -0.2) is 4.39 Å². The van der Waals surface area contributed by atoms with Crippen molar-refractivity contribution in [2.45, 2.75) is 12.3 Å². The molecule has 1 aliphatic rings. The maximum Gasteiger partial charge on any atom is 0.230 e. The number of carbonyl (C=O) groups is 2. The Bertz CT molecular complexity index is 402. The van der Waals surface area contributed by atoms with E-state index in [0.29, 0.717) is 19.3 Å². The lowest BCUT2D eigenvalue weighted by atomic mass is 9.81. The molecule has 0 radical (unpaired) electrons. The molecular weight excluding hydrogens is 209 g/mol. The molecule has 1 aromatic carbocycles. The molecule has 1 N–H and O–H groups in total. The van der Waals surface area contributed by atoms with E-state index < -0.39 is 5.92 Å². The van der Waals surface area contributed by atoms with Crippen molar-refractivity contribution in [1.29, 1.82) is 0 Å². The van der Waals surface area contributed by atoms with Gasteiger partial charge in [-0.3, -0.25) is 4.79 Å². The molecule has 1 aliphatic heterocycles. The largest absolute Gasteiger partial charge is 0.355 e. The molecule has 16 heavy (non-hydrogen) atoms. The minimum Gasteiger partial charge on any atom is -0.355 e. The van der Waals surface area contributed by atoms with Crippen molar-refractivity contribution in [3.63, 3.8) is 0 Å². The normalized spacial score (nSPS) is 24.9. The fourth-order valence-electron chi connectivity index (χ4n) is 2.07. The molecule has 2 unspecified atom stereocenters. The highest BCUT2D eigenvalue weighted by atomic mass is 19.1. The Labute approximate surface area is 92.7 Å². The summed E-state index contributed by atoms with van der Waals surface area (Å²) in [7, 11) is 0. The van der Waals surface area contributed by atoms with Crippen LogP contribution in [0.1, 0.15) is 17.9 Å². The van der Waals surface area contributed by atoms with Crippen LogP contribution < -0.4 is 5.32 Å². The summed E-state index contributed by atoms with van der Waals surface area (Å²) in [6, 6.07) is 5.97. The summed E-state index contributed by atoms with van der Waals surface area (Å²) in [4.78, 5) is 22.3. The van der Waals surface area contributed by atoms with E-state index in [9.17, 15) is 14.0 Å². The maximum atomic E-state index is 12.8. The van der Waals surface area contributed by atoms with Crippen molar-refractivity contribution in [2.24, 2.45) is 5.92 Å². The molecule has 1 amide bonds. The van der Waals surface area contributed by atoms with E-state index in [-0.39, 0.29) is 17.6 Å². The molecule has 1 heterocycles. The molecule has 0 bridgehead atoms. The van der Waals surface area contributed by atoms with Gasteiger partial charge in [-0.2, -0.15) is 0 Å². The Morgan fingerprint density at radius 3 is 2.62 bits per heavy atom. The highest BCUT2D eigenvalue weighted by Crippen LogP contribution is 2.29. The van der Waals surface area contributed by atoms with E-state index in [0.717, 1.165) is 5.56 Å². The Morgan fingerprint density at radius 2 is 2.00 bits per heavy atom. The molecule has 0 saturated carbocycles. The Hall–Kier alpha value is -1.71. The SMILES string of the molecule is O=CC1C(=O)NCCC1c1ccc(F)cc1. The molecule has 2 atom stereocenters. The minimum atomic E-state index is -0.654. The number of aldehydes is 1. The van der Waals surface area contributed by atoms with Gasteiger partial charge in [0.2, 0.25) is 5.91 Å². The molecule has 0 aromatic heterocycles. The number of rotatable bonds is 2. The number of hydrogen-bond donors (Lipinski definition) is 1. The predicted molar refractivity (Wildman–Crippen MR) is 56.3 cm³/mol. The van der Waals surface area contributed by atoms with Crippen molar-refractivity contribution >= 4 is 12.2 Å². The van der Waals surface area contributed by atoms with E-state index in [1.165, 1.54) is 12.1 Å². The average molecular weight is 221 g/mol. The van der Waals surface area contributed by atoms with Gasteiger partial charge in [-0.15, -0.1) is 0 Å². The van der Waals surface area contributed by atoms with Gasteiger partial charge in [0.1, 0.15) is 18.0 Å². The van der Waals surface area contributed by atoms with Crippen LogP contribution in [0.4, 0.5) is 4.39 Å². The molecular formula is C12H12FNO2. The summed E-state index contributed by atoms with van der Waals surface area (Å²) in [5, 5.41) is 2.65. The van der Waals surface area contributed by atoms with Gasteiger partial charge in [0.25, 0.3) is 0 Å². The Kier molecular flexibility index (Phi) is 2.99. The lowest BCUT2D eigenvalue weighted by molar-refractivity contribution is -0.131. The van der Waals surface area contributed by atoms with Crippen LogP contribution >= 0.6 is 0 Å². The zero-order valence-electron chi connectivity index (χ0n) is 8.65. The van der Waals surface area contributed by atoms with Gasteiger partial charge >= 0.3 is 0 Å². The molecule has 1 aromatic rings. The van der Waals surface area contributed by atoms with Gasteiger partial charge in [0.15, 0.2) is 0 Å². The van der Waals surface area contributed by atoms with Gasteiger partial charge in [-0.05, 0) is 24.1 Å². The quantitative estimate of drug-likeness (QED) is 0.603. The molecule has 2 rings (SSSR count). The van der Waals surface area contributed by atoms with Crippen LogP contribution in [0.25, 0.3) is 0 Å². The zero-order valence-corrected chi connectivity index (χ0v) is 8.65. The third kappa shape index (κ3) is 1.96. The van der Waals surface area contributed by atoms with Gasteiger partial charge < -0.3 is 10.1 Å². The van der Waals surface area contributed by atoms with Crippen LogP contribution in [-0.4, -0.2) is 18.7 Å². The third-order valence-electron chi connectivity index (χ3n) is 2.94. The first-order valence-electron chi connectivity index (χ1n) is 5.21. The van der Waals surface area contributed by atoms with Crippen LogP contribution in [0, 0.1) is 11.7 Å². The molecule has 84 valence electrons.